The third-order valence-electron chi connectivity index (χ3n) is 1.84. The molecule has 0 atom stereocenters. The molecule has 4 nitrogen and oxygen atoms in total. The van der Waals surface area contributed by atoms with Gasteiger partial charge in [-0.25, -0.2) is 4.98 Å². The van der Waals surface area contributed by atoms with Crippen LogP contribution in [-0.4, -0.2) is 10.9 Å². The lowest BCUT2D eigenvalue weighted by Crippen LogP contribution is -2.11. The van der Waals surface area contributed by atoms with Crippen molar-refractivity contribution in [2.75, 3.05) is 5.32 Å². The molecule has 0 aliphatic heterocycles. The van der Waals surface area contributed by atoms with E-state index in [0.717, 1.165) is 4.47 Å². The summed E-state index contributed by atoms with van der Waals surface area (Å²) in [5, 5.41) is 2.87. The first kappa shape index (κ1) is 11.2. The van der Waals surface area contributed by atoms with Gasteiger partial charge in [-0.3, -0.25) is 4.79 Å². The van der Waals surface area contributed by atoms with Crippen molar-refractivity contribution in [1.29, 1.82) is 0 Å². The molecule has 0 bridgehead atoms. The Morgan fingerprint density at radius 1 is 1.56 bits per heavy atom. The number of halogens is 2. The van der Waals surface area contributed by atoms with Crippen molar-refractivity contribution < 1.29 is 9.21 Å². The monoisotopic (exact) mass is 300 g/mol. The van der Waals surface area contributed by atoms with Gasteiger partial charge in [-0.15, -0.1) is 0 Å². The largest absolute Gasteiger partial charge is 0.472 e. The van der Waals surface area contributed by atoms with Crippen molar-refractivity contribution >= 4 is 39.1 Å². The number of furan rings is 1. The second kappa shape index (κ2) is 4.67. The molecular weight excluding hydrogens is 295 g/mol. The van der Waals surface area contributed by atoms with E-state index in [0.29, 0.717) is 11.3 Å². The maximum atomic E-state index is 11.7. The minimum absolute atomic E-state index is 0.236. The molecule has 0 saturated carbocycles. The minimum Gasteiger partial charge on any atom is -0.472 e. The first-order valence-corrected chi connectivity index (χ1v) is 5.48. The molecule has 1 N–H and O–H groups in total. The van der Waals surface area contributed by atoms with Gasteiger partial charge in [0.1, 0.15) is 6.26 Å². The lowest BCUT2D eigenvalue weighted by atomic mass is 10.3. The molecule has 0 saturated heterocycles. The van der Waals surface area contributed by atoms with Crippen LogP contribution >= 0.6 is 27.5 Å². The van der Waals surface area contributed by atoms with Crippen LogP contribution in [0.2, 0.25) is 5.15 Å². The van der Waals surface area contributed by atoms with Crippen LogP contribution in [-0.2, 0) is 0 Å². The minimum atomic E-state index is -0.296. The number of anilines is 1. The van der Waals surface area contributed by atoms with Gasteiger partial charge in [0, 0.05) is 10.7 Å². The Hall–Kier alpha value is -1.33. The third kappa shape index (κ3) is 2.43. The van der Waals surface area contributed by atoms with Gasteiger partial charge in [0.2, 0.25) is 0 Å². The van der Waals surface area contributed by atoms with Crippen LogP contribution in [0, 0.1) is 0 Å². The molecule has 2 heterocycles. The van der Waals surface area contributed by atoms with Crippen molar-refractivity contribution in [3.05, 3.63) is 46.0 Å². The number of carbonyl (C=O) groups is 1. The second-order valence-corrected chi connectivity index (χ2v) is 4.23. The predicted molar refractivity (Wildman–Crippen MR) is 63.6 cm³/mol. The highest BCUT2D eigenvalue weighted by Crippen LogP contribution is 2.23. The summed E-state index contributed by atoms with van der Waals surface area (Å²) in [6, 6.07) is 3.24. The Bertz CT molecular complexity index is 514. The van der Waals surface area contributed by atoms with E-state index in [1.165, 1.54) is 12.5 Å². The Kier molecular flexibility index (Phi) is 3.26. The van der Waals surface area contributed by atoms with E-state index in [-0.39, 0.29) is 11.1 Å². The van der Waals surface area contributed by atoms with Gasteiger partial charge < -0.3 is 9.73 Å². The normalized spacial score (nSPS) is 10.1. The van der Waals surface area contributed by atoms with Gasteiger partial charge in [0.25, 0.3) is 5.91 Å². The van der Waals surface area contributed by atoms with Gasteiger partial charge in [-0.2, -0.15) is 0 Å². The van der Waals surface area contributed by atoms with Gasteiger partial charge >= 0.3 is 0 Å². The molecule has 16 heavy (non-hydrogen) atoms. The number of aromatic nitrogens is 1. The van der Waals surface area contributed by atoms with E-state index in [9.17, 15) is 4.79 Å². The van der Waals surface area contributed by atoms with Crippen LogP contribution in [0.5, 0.6) is 0 Å². The van der Waals surface area contributed by atoms with Crippen LogP contribution in [0.15, 0.2) is 39.7 Å². The maximum absolute atomic E-state index is 11.7. The summed E-state index contributed by atoms with van der Waals surface area (Å²) in [6.45, 7) is 0. The topological polar surface area (TPSA) is 55.1 Å². The molecule has 0 fully saturated rings. The summed E-state index contributed by atoms with van der Waals surface area (Å²) in [6.07, 6.45) is 4.33. The van der Waals surface area contributed by atoms with E-state index in [1.54, 1.807) is 18.3 Å². The van der Waals surface area contributed by atoms with E-state index in [4.69, 9.17) is 16.0 Å². The molecule has 2 aromatic rings. The number of hydrogen-bond donors (Lipinski definition) is 1. The highest BCUT2D eigenvalue weighted by atomic mass is 79.9. The lowest BCUT2D eigenvalue weighted by molar-refractivity contribution is 0.102. The van der Waals surface area contributed by atoms with Gasteiger partial charge in [0.05, 0.1) is 17.5 Å². The predicted octanol–water partition coefficient (Wildman–Crippen LogP) is 3.34. The SMILES string of the molecule is O=C(Nc1cc(Br)cnc1Cl)c1ccoc1. The van der Waals surface area contributed by atoms with Gasteiger partial charge in [0.15, 0.2) is 5.15 Å². The second-order valence-electron chi connectivity index (χ2n) is 2.96. The number of nitrogens with zero attached hydrogens (tertiary/aromatic N) is 1. The third-order valence-corrected chi connectivity index (χ3v) is 2.57. The number of amides is 1. The van der Waals surface area contributed by atoms with Gasteiger partial charge in [-0.1, -0.05) is 11.6 Å². The van der Waals surface area contributed by atoms with Crippen LogP contribution < -0.4 is 5.32 Å². The highest BCUT2D eigenvalue weighted by Gasteiger charge is 2.10. The summed E-state index contributed by atoms with van der Waals surface area (Å²) in [5.41, 5.74) is 0.873. The van der Waals surface area contributed by atoms with Crippen molar-refractivity contribution in [3.63, 3.8) is 0 Å². The van der Waals surface area contributed by atoms with Crippen LogP contribution in [0.25, 0.3) is 0 Å². The molecule has 0 aliphatic rings. The van der Waals surface area contributed by atoms with Crippen LogP contribution in [0.1, 0.15) is 10.4 Å². The van der Waals surface area contributed by atoms with Crippen molar-refractivity contribution in [1.82, 2.24) is 4.98 Å². The molecule has 0 aromatic carbocycles. The van der Waals surface area contributed by atoms with E-state index in [1.807, 2.05) is 0 Å². The molecule has 1 amide bonds. The fourth-order valence-electron chi connectivity index (χ4n) is 1.10. The molecule has 0 unspecified atom stereocenters. The first-order valence-electron chi connectivity index (χ1n) is 4.31. The van der Waals surface area contributed by atoms with E-state index >= 15 is 0 Å². The number of hydrogen-bond acceptors (Lipinski definition) is 3. The zero-order chi connectivity index (χ0) is 11.5. The quantitative estimate of drug-likeness (QED) is 0.866. The highest BCUT2D eigenvalue weighted by molar-refractivity contribution is 9.10. The van der Waals surface area contributed by atoms with Crippen molar-refractivity contribution in [2.24, 2.45) is 0 Å². The van der Waals surface area contributed by atoms with E-state index in [2.05, 4.69) is 26.2 Å². The van der Waals surface area contributed by atoms with Crippen molar-refractivity contribution in [2.45, 2.75) is 0 Å². The smallest absolute Gasteiger partial charge is 0.258 e. The molecule has 2 aromatic heterocycles. The first-order chi connectivity index (χ1) is 7.66. The molecular formula is C10H6BrClN2O2. The number of rotatable bonds is 2. The molecule has 0 spiro atoms. The van der Waals surface area contributed by atoms with Gasteiger partial charge in [-0.05, 0) is 28.1 Å². The fraction of sp³-hybridized carbons (Fsp3) is 0. The van der Waals surface area contributed by atoms with Crippen LogP contribution in [0.4, 0.5) is 5.69 Å². The summed E-state index contributed by atoms with van der Waals surface area (Å²) < 4.78 is 5.54. The molecule has 2 rings (SSSR count). The summed E-state index contributed by atoms with van der Waals surface area (Å²) in [7, 11) is 0. The Morgan fingerprint density at radius 2 is 2.38 bits per heavy atom. The van der Waals surface area contributed by atoms with Crippen LogP contribution in [0.3, 0.4) is 0 Å². The number of nitrogens with one attached hydrogen (secondary N) is 1. The summed E-state index contributed by atoms with van der Waals surface area (Å²) in [4.78, 5) is 15.6. The molecule has 0 aliphatic carbocycles. The average Bonchev–Trinajstić information content (AvgIpc) is 2.76. The lowest BCUT2D eigenvalue weighted by Gasteiger charge is -2.05. The summed E-state index contributed by atoms with van der Waals surface area (Å²) in [5.74, 6) is -0.296. The zero-order valence-electron chi connectivity index (χ0n) is 7.91. The number of carbonyl (C=O) groups excluding carboxylic acids is 1. The molecule has 82 valence electrons. The Morgan fingerprint density at radius 3 is 3.06 bits per heavy atom. The Balaban J connectivity index is 2.21. The number of pyridine rings is 1. The molecule has 0 radical (unpaired) electrons. The zero-order valence-corrected chi connectivity index (χ0v) is 10.2. The standard InChI is InChI=1S/C10H6BrClN2O2/c11-7-3-8(9(12)13-4-7)14-10(15)6-1-2-16-5-6/h1-5H,(H,14,15). The molecule has 6 heteroatoms. The average molecular weight is 302 g/mol. The Labute approximate surface area is 105 Å². The maximum Gasteiger partial charge on any atom is 0.258 e. The summed E-state index contributed by atoms with van der Waals surface area (Å²) >= 11 is 9.08. The van der Waals surface area contributed by atoms with E-state index < -0.39 is 0 Å². The fourth-order valence-corrected chi connectivity index (χ4v) is 1.58. The van der Waals surface area contributed by atoms with Crippen molar-refractivity contribution in [3.8, 4) is 0 Å².